The summed E-state index contributed by atoms with van der Waals surface area (Å²) in [6.07, 6.45) is 1.00. The van der Waals surface area contributed by atoms with Crippen LogP contribution in [-0.2, 0) is 32.6 Å². The van der Waals surface area contributed by atoms with Crippen LogP contribution in [0.4, 0.5) is 0 Å². The Balaban J connectivity index is 1.95. The fourth-order valence-electron chi connectivity index (χ4n) is 3.86. The lowest BCUT2D eigenvalue weighted by molar-refractivity contribution is -0.141. The van der Waals surface area contributed by atoms with Crippen molar-refractivity contribution in [2.45, 2.75) is 37.2 Å². The molecular formula is C28H31Cl2N3O4S. The first kappa shape index (κ1) is 29.6. The highest BCUT2D eigenvalue weighted by Crippen LogP contribution is 2.20. The molecule has 0 bridgehead atoms. The first-order chi connectivity index (χ1) is 18.1. The van der Waals surface area contributed by atoms with Crippen LogP contribution in [-0.4, -0.2) is 55.6 Å². The van der Waals surface area contributed by atoms with Crippen molar-refractivity contribution in [1.29, 1.82) is 0 Å². The largest absolute Gasteiger partial charge is 0.354 e. The molecule has 38 heavy (non-hydrogen) atoms. The molecule has 202 valence electrons. The molecule has 2 amide bonds. The van der Waals surface area contributed by atoms with E-state index in [4.69, 9.17) is 23.2 Å². The summed E-state index contributed by atoms with van der Waals surface area (Å²) in [6, 6.07) is 21.2. The second-order valence-electron chi connectivity index (χ2n) is 8.86. The predicted molar refractivity (Wildman–Crippen MR) is 151 cm³/mol. The Bertz CT molecular complexity index is 1320. The van der Waals surface area contributed by atoms with E-state index >= 15 is 0 Å². The molecule has 0 spiro atoms. The van der Waals surface area contributed by atoms with E-state index in [9.17, 15) is 18.0 Å². The van der Waals surface area contributed by atoms with Crippen molar-refractivity contribution in [3.8, 4) is 0 Å². The Labute approximate surface area is 234 Å². The molecule has 0 fully saturated rings. The van der Waals surface area contributed by atoms with Crippen LogP contribution in [0.5, 0.6) is 0 Å². The fraction of sp³-hybridized carbons (Fsp3) is 0.286. The zero-order chi connectivity index (χ0) is 27.7. The maximum atomic E-state index is 13.8. The molecule has 0 saturated heterocycles. The van der Waals surface area contributed by atoms with E-state index in [-0.39, 0.29) is 23.8 Å². The summed E-state index contributed by atoms with van der Waals surface area (Å²) >= 11 is 12.0. The van der Waals surface area contributed by atoms with Gasteiger partial charge in [0.25, 0.3) is 0 Å². The van der Waals surface area contributed by atoms with Crippen molar-refractivity contribution in [3.05, 3.63) is 100 Å². The standard InChI is InChI=1S/C28H31Cl2N3O4S/c1-3-17-31-28(35)26(18-21-7-5-4-6-8-21)33(19-22-9-11-23(29)12-10-22)27(34)20-32(2)38(36,37)25-15-13-24(30)14-16-25/h4-16,26H,3,17-20H2,1-2H3,(H,31,35). The van der Waals surface area contributed by atoms with Gasteiger partial charge >= 0.3 is 0 Å². The molecule has 0 aliphatic heterocycles. The minimum atomic E-state index is -3.97. The SMILES string of the molecule is CCCNC(=O)C(Cc1ccccc1)N(Cc1ccc(Cl)cc1)C(=O)CN(C)S(=O)(=O)c1ccc(Cl)cc1. The van der Waals surface area contributed by atoms with Crippen LogP contribution in [0.15, 0.2) is 83.8 Å². The third-order valence-corrected chi connectivity index (χ3v) is 8.29. The Hall–Kier alpha value is -2.91. The smallest absolute Gasteiger partial charge is 0.243 e. The highest BCUT2D eigenvalue weighted by Gasteiger charge is 2.33. The lowest BCUT2D eigenvalue weighted by Gasteiger charge is -2.32. The first-order valence-corrected chi connectivity index (χ1v) is 14.4. The van der Waals surface area contributed by atoms with Crippen molar-refractivity contribution < 1.29 is 18.0 Å². The van der Waals surface area contributed by atoms with Crippen molar-refractivity contribution in [2.24, 2.45) is 0 Å². The maximum Gasteiger partial charge on any atom is 0.243 e. The highest BCUT2D eigenvalue weighted by molar-refractivity contribution is 7.89. The number of benzene rings is 3. The average Bonchev–Trinajstić information content (AvgIpc) is 2.91. The van der Waals surface area contributed by atoms with Gasteiger partial charge in [-0.1, -0.05) is 72.6 Å². The minimum Gasteiger partial charge on any atom is -0.354 e. The van der Waals surface area contributed by atoms with Crippen molar-refractivity contribution in [1.82, 2.24) is 14.5 Å². The normalized spacial score (nSPS) is 12.2. The Kier molecular flexibility index (Phi) is 10.7. The van der Waals surface area contributed by atoms with E-state index < -0.39 is 28.5 Å². The molecular weight excluding hydrogens is 545 g/mol. The number of hydrogen-bond donors (Lipinski definition) is 1. The summed E-state index contributed by atoms with van der Waals surface area (Å²) in [5.41, 5.74) is 1.63. The summed E-state index contributed by atoms with van der Waals surface area (Å²) < 4.78 is 27.3. The van der Waals surface area contributed by atoms with Crippen LogP contribution >= 0.6 is 23.2 Å². The Morgan fingerprint density at radius 2 is 1.45 bits per heavy atom. The molecule has 1 atom stereocenters. The monoisotopic (exact) mass is 575 g/mol. The van der Waals surface area contributed by atoms with Gasteiger partial charge in [0.05, 0.1) is 11.4 Å². The summed E-state index contributed by atoms with van der Waals surface area (Å²) in [5, 5.41) is 3.84. The van der Waals surface area contributed by atoms with Gasteiger partial charge in [-0.2, -0.15) is 4.31 Å². The molecule has 0 aliphatic rings. The number of sulfonamides is 1. The molecule has 7 nitrogen and oxygen atoms in total. The zero-order valence-electron chi connectivity index (χ0n) is 21.3. The highest BCUT2D eigenvalue weighted by atomic mass is 35.5. The van der Waals surface area contributed by atoms with Crippen LogP contribution in [0.25, 0.3) is 0 Å². The average molecular weight is 577 g/mol. The molecule has 3 aromatic rings. The van der Waals surface area contributed by atoms with Crippen molar-refractivity contribution in [2.75, 3.05) is 20.1 Å². The maximum absolute atomic E-state index is 13.8. The summed E-state index contributed by atoms with van der Waals surface area (Å²) in [6.45, 7) is 2.05. The summed E-state index contributed by atoms with van der Waals surface area (Å²) in [7, 11) is -2.63. The lowest BCUT2D eigenvalue weighted by atomic mass is 10.0. The molecule has 0 saturated carbocycles. The van der Waals surface area contributed by atoms with E-state index in [0.29, 0.717) is 16.6 Å². The van der Waals surface area contributed by atoms with Crippen molar-refractivity contribution >= 4 is 45.0 Å². The molecule has 10 heteroatoms. The Morgan fingerprint density at radius 3 is 2.03 bits per heavy atom. The van der Waals surface area contributed by atoms with Gasteiger partial charge in [0, 0.05) is 36.6 Å². The van der Waals surface area contributed by atoms with Gasteiger partial charge < -0.3 is 10.2 Å². The zero-order valence-corrected chi connectivity index (χ0v) is 23.6. The number of carbonyl (C=O) groups is 2. The van der Waals surface area contributed by atoms with Gasteiger partial charge in [0.2, 0.25) is 21.8 Å². The fourth-order valence-corrected chi connectivity index (χ4v) is 5.23. The van der Waals surface area contributed by atoms with Gasteiger partial charge in [-0.05, 0) is 53.9 Å². The molecule has 3 rings (SSSR count). The Morgan fingerprint density at radius 1 is 0.868 bits per heavy atom. The van der Waals surface area contributed by atoms with E-state index in [1.807, 2.05) is 37.3 Å². The molecule has 1 unspecified atom stereocenters. The van der Waals surface area contributed by atoms with E-state index in [0.717, 1.165) is 21.9 Å². The summed E-state index contributed by atoms with van der Waals surface area (Å²) in [5.74, 6) is -0.811. The quantitative estimate of drug-likeness (QED) is 0.336. The van der Waals surface area contributed by atoms with Gasteiger partial charge in [-0.3, -0.25) is 9.59 Å². The predicted octanol–water partition coefficient (Wildman–Crippen LogP) is 4.78. The molecule has 0 aliphatic carbocycles. The van der Waals surface area contributed by atoms with E-state index in [1.165, 1.54) is 36.2 Å². The molecule has 0 radical (unpaired) electrons. The third kappa shape index (κ3) is 8.04. The number of carbonyl (C=O) groups excluding carboxylic acids is 2. The summed E-state index contributed by atoms with van der Waals surface area (Å²) in [4.78, 5) is 28.6. The third-order valence-electron chi connectivity index (χ3n) is 5.97. The molecule has 0 heterocycles. The molecule has 1 N–H and O–H groups in total. The second-order valence-corrected chi connectivity index (χ2v) is 11.8. The van der Waals surface area contributed by atoms with Gasteiger partial charge in [-0.15, -0.1) is 0 Å². The number of rotatable bonds is 12. The van der Waals surface area contributed by atoms with Gasteiger partial charge in [-0.25, -0.2) is 8.42 Å². The molecule has 0 aromatic heterocycles. The van der Waals surface area contributed by atoms with Crippen molar-refractivity contribution in [3.63, 3.8) is 0 Å². The van der Waals surface area contributed by atoms with Crippen LogP contribution in [0.3, 0.4) is 0 Å². The number of amides is 2. The number of halogens is 2. The molecule has 3 aromatic carbocycles. The second kappa shape index (κ2) is 13.8. The lowest BCUT2D eigenvalue weighted by Crippen LogP contribution is -2.53. The van der Waals surface area contributed by atoms with Crippen LogP contribution in [0, 0.1) is 0 Å². The topological polar surface area (TPSA) is 86.8 Å². The number of nitrogens with one attached hydrogen (secondary N) is 1. The minimum absolute atomic E-state index is 0.0166. The van der Waals surface area contributed by atoms with Crippen LogP contribution < -0.4 is 5.32 Å². The van der Waals surface area contributed by atoms with Gasteiger partial charge in [0.1, 0.15) is 6.04 Å². The number of likely N-dealkylation sites (N-methyl/N-ethyl adjacent to an activating group) is 1. The number of hydrogen-bond acceptors (Lipinski definition) is 4. The van der Waals surface area contributed by atoms with E-state index in [1.54, 1.807) is 24.3 Å². The van der Waals surface area contributed by atoms with E-state index in [2.05, 4.69) is 5.32 Å². The van der Waals surface area contributed by atoms with Crippen LogP contribution in [0.2, 0.25) is 10.0 Å². The van der Waals surface area contributed by atoms with Gasteiger partial charge in [0.15, 0.2) is 0 Å². The van der Waals surface area contributed by atoms with Crippen LogP contribution in [0.1, 0.15) is 24.5 Å². The number of nitrogens with zero attached hydrogens (tertiary/aromatic N) is 2. The first-order valence-electron chi connectivity index (χ1n) is 12.2.